The van der Waals surface area contributed by atoms with Gasteiger partial charge in [0, 0.05) is 44.8 Å². The molecule has 0 aromatic rings. The molecular formula is C15H30N2O2. The molecule has 2 aliphatic rings. The molecule has 0 aliphatic carbocycles. The standard InChI is InChI=1S/C15H30N2O2/c1-3-6-16-11-15(5-9-18-13-15)12-17-7-4-8-19-14(2)10-17/h14,16H,3-13H2,1-2H3. The van der Waals surface area contributed by atoms with Crippen LogP contribution in [0.5, 0.6) is 0 Å². The number of nitrogens with zero attached hydrogens (tertiary/aromatic N) is 1. The van der Waals surface area contributed by atoms with E-state index >= 15 is 0 Å². The van der Waals surface area contributed by atoms with Gasteiger partial charge in [-0.05, 0) is 32.7 Å². The summed E-state index contributed by atoms with van der Waals surface area (Å²) in [7, 11) is 0. The lowest BCUT2D eigenvalue weighted by Gasteiger charge is -2.34. The molecule has 4 nitrogen and oxygen atoms in total. The lowest BCUT2D eigenvalue weighted by molar-refractivity contribution is 0.0556. The van der Waals surface area contributed by atoms with Crippen molar-refractivity contribution in [2.75, 3.05) is 52.5 Å². The van der Waals surface area contributed by atoms with Gasteiger partial charge in [0.1, 0.15) is 0 Å². The molecular weight excluding hydrogens is 240 g/mol. The fourth-order valence-electron chi connectivity index (χ4n) is 3.20. The third-order valence-electron chi connectivity index (χ3n) is 4.21. The van der Waals surface area contributed by atoms with Crippen molar-refractivity contribution in [1.82, 2.24) is 10.2 Å². The Bertz CT molecular complexity index is 255. The molecule has 1 N–H and O–H groups in total. The normalized spacial score (nSPS) is 33.5. The minimum Gasteiger partial charge on any atom is -0.381 e. The van der Waals surface area contributed by atoms with Gasteiger partial charge in [0.2, 0.25) is 0 Å². The van der Waals surface area contributed by atoms with Crippen LogP contribution < -0.4 is 5.32 Å². The second kappa shape index (κ2) is 7.58. The van der Waals surface area contributed by atoms with Crippen LogP contribution in [0, 0.1) is 5.41 Å². The van der Waals surface area contributed by atoms with Gasteiger partial charge >= 0.3 is 0 Å². The first-order valence-electron chi connectivity index (χ1n) is 7.86. The smallest absolute Gasteiger partial charge is 0.0673 e. The van der Waals surface area contributed by atoms with E-state index in [-0.39, 0.29) is 0 Å². The molecule has 2 aliphatic heterocycles. The summed E-state index contributed by atoms with van der Waals surface area (Å²) in [6.07, 6.45) is 3.91. The monoisotopic (exact) mass is 270 g/mol. The molecule has 0 amide bonds. The lowest BCUT2D eigenvalue weighted by Crippen LogP contribution is -2.46. The molecule has 4 heteroatoms. The van der Waals surface area contributed by atoms with E-state index in [2.05, 4.69) is 24.1 Å². The van der Waals surface area contributed by atoms with Gasteiger partial charge in [-0.3, -0.25) is 4.90 Å². The summed E-state index contributed by atoms with van der Waals surface area (Å²) in [6, 6.07) is 0. The van der Waals surface area contributed by atoms with Crippen LogP contribution in [-0.2, 0) is 9.47 Å². The Balaban J connectivity index is 1.87. The zero-order valence-corrected chi connectivity index (χ0v) is 12.6. The fraction of sp³-hybridized carbons (Fsp3) is 1.00. The molecule has 2 heterocycles. The van der Waals surface area contributed by atoms with Gasteiger partial charge < -0.3 is 14.8 Å². The Morgan fingerprint density at radius 3 is 3.00 bits per heavy atom. The molecule has 0 aromatic carbocycles. The Labute approximate surface area is 117 Å². The van der Waals surface area contributed by atoms with E-state index in [1.807, 2.05) is 0 Å². The SMILES string of the molecule is CCCNCC1(CN2CCCOC(C)C2)CCOC1. The first-order chi connectivity index (χ1) is 9.24. The highest BCUT2D eigenvalue weighted by molar-refractivity contribution is 4.89. The number of hydrogen-bond acceptors (Lipinski definition) is 4. The van der Waals surface area contributed by atoms with Gasteiger partial charge in [-0.25, -0.2) is 0 Å². The lowest BCUT2D eigenvalue weighted by atomic mass is 9.86. The maximum absolute atomic E-state index is 5.74. The maximum atomic E-state index is 5.74. The van der Waals surface area contributed by atoms with Crippen molar-refractivity contribution >= 4 is 0 Å². The van der Waals surface area contributed by atoms with Crippen LogP contribution in [0.3, 0.4) is 0 Å². The van der Waals surface area contributed by atoms with Crippen molar-refractivity contribution in [1.29, 1.82) is 0 Å². The van der Waals surface area contributed by atoms with Gasteiger partial charge in [-0.2, -0.15) is 0 Å². The van der Waals surface area contributed by atoms with Crippen LogP contribution in [0.1, 0.15) is 33.1 Å². The van der Waals surface area contributed by atoms with Crippen LogP contribution in [-0.4, -0.2) is 63.5 Å². The first-order valence-corrected chi connectivity index (χ1v) is 7.86. The van der Waals surface area contributed by atoms with E-state index < -0.39 is 0 Å². The van der Waals surface area contributed by atoms with Crippen molar-refractivity contribution in [2.45, 2.75) is 39.2 Å². The zero-order valence-electron chi connectivity index (χ0n) is 12.6. The average molecular weight is 270 g/mol. The van der Waals surface area contributed by atoms with E-state index in [4.69, 9.17) is 9.47 Å². The largest absolute Gasteiger partial charge is 0.381 e. The molecule has 0 bridgehead atoms. The number of ether oxygens (including phenoxy) is 2. The summed E-state index contributed by atoms with van der Waals surface area (Å²) in [5.74, 6) is 0. The van der Waals surface area contributed by atoms with Crippen LogP contribution in [0.4, 0.5) is 0 Å². The van der Waals surface area contributed by atoms with Gasteiger partial charge in [0.05, 0.1) is 12.7 Å². The Morgan fingerprint density at radius 1 is 1.37 bits per heavy atom. The van der Waals surface area contributed by atoms with E-state index in [1.54, 1.807) is 0 Å². The molecule has 0 aromatic heterocycles. The van der Waals surface area contributed by atoms with Crippen molar-refractivity contribution in [2.24, 2.45) is 5.41 Å². The van der Waals surface area contributed by atoms with E-state index in [1.165, 1.54) is 19.4 Å². The van der Waals surface area contributed by atoms with E-state index in [9.17, 15) is 0 Å². The second-order valence-corrected chi connectivity index (χ2v) is 6.25. The molecule has 112 valence electrons. The van der Waals surface area contributed by atoms with Crippen molar-refractivity contribution in [3.05, 3.63) is 0 Å². The highest BCUT2D eigenvalue weighted by Crippen LogP contribution is 2.29. The minimum absolute atomic E-state index is 0.319. The number of rotatable bonds is 6. The van der Waals surface area contributed by atoms with Crippen molar-refractivity contribution in [3.8, 4) is 0 Å². The Kier molecular flexibility index (Phi) is 6.07. The molecule has 19 heavy (non-hydrogen) atoms. The predicted molar refractivity (Wildman–Crippen MR) is 77.5 cm³/mol. The minimum atomic E-state index is 0.319. The van der Waals surface area contributed by atoms with Crippen LogP contribution in [0.25, 0.3) is 0 Å². The quantitative estimate of drug-likeness (QED) is 0.742. The maximum Gasteiger partial charge on any atom is 0.0673 e. The van der Waals surface area contributed by atoms with Gasteiger partial charge in [0.25, 0.3) is 0 Å². The third-order valence-corrected chi connectivity index (χ3v) is 4.21. The van der Waals surface area contributed by atoms with Crippen LogP contribution in [0.2, 0.25) is 0 Å². The molecule has 2 atom stereocenters. The summed E-state index contributed by atoms with van der Waals surface area (Å²) in [6.45, 7) is 12.7. The molecule has 2 unspecified atom stereocenters. The molecule has 0 saturated carbocycles. The zero-order chi connectivity index (χ0) is 13.6. The van der Waals surface area contributed by atoms with Crippen LogP contribution in [0.15, 0.2) is 0 Å². The summed E-state index contributed by atoms with van der Waals surface area (Å²) < 4.78 is 11.4. The first kappa shape index (κ1) is 15.2. The van der Waals surface area contributed by atoms with Crippen LogP contribution >= 0.6 is 0 Å². The second-order valence-electron chi connectivity index (χ2n) is 6.25. The van der Waals surface area contributed by atoms with E-state index in [0.29, 0.717) is 11.5 Å². The van der Waals surface area contributed by atoms with E-state index in [0.717, 1.165) is 52.4 Å². The van der Waals surface area contributed by atoms with Crippen molar-refractivity contribution in [3.63, 3.8) is 0 Å². The van der Waals surface area contributed by atoms with Gasteiger partial charge in [0.15, 0.2) is 0 Å². The molecule has 0 spiro atoms. The van der Waals surface area contributed by atoms with Gasteiger partial charge in [-0.15, -0.1) is 0 Å². The average Bonchev–Trinajstić information content (AvgIpc) is 2.74. The third kappa shape index (κ3) is 4.71. The Hall–Kier alpha value is -0.160. The molecule has 2 rings (SSSR count). The Morgan fingerprint density at radius 2 is 2.26 bits per heavy atom. The summed E-state index contributed by atoms with van der Waals surface area (Å²) in [5, 5.41) is 3.60. The highest BCUT2D eigenvalue weighted by atomic mass is 16.5. The summed E-state index contributed by atoms with van der Waals surface area (Å²) in [4.78, 5) is 2.58. The molecule has 2 saturated heterocycles. The van der Waals surface area contributed by atoms with Gasteiger partial charge in [-0.1, -0.05) is 6.92 Å². The highest BCUT2D eigenvalue weighted by Gasteiger charge is 2.36. The number of hydrogen-bond donors (Lipinski definition) is 1. The molecule has 2 fully saturated rings. The molecule has 0 radical (unpaired) electrons. The summed E-state index contributed by atoms with van der Waals surface area (Å²) in [5.41, 5.74) is 0.319. The topological polar surface area (TPSA) is 33.7 Å². The fourth-order valence-corrected chi connectivity index (χ4v) is 3.20. The predicted octanol–water partition coefficient (Wildman–Crippen LogP) is 1.50. The summed E-state index contributed by atoms with van der Waals surface area (Å²) >= 11 is 0. The van der Waals surface area contributed by atoms with Crippen molar-refractivity contribution < 1.29 is 9.47 Å². The number of nitrogens with one attached hydrogen (secondary N) is 1.